The van der Waals surface area contributed by atoms with E-state index in [0.29, 0.717) is 0 Å². The molecule has 3 rings (SSSR count). The van der Waals surface area contributed by atoms with E-state index in [-0.39, 0.29) is 35.8 Å². The minimum atomic E-state index is -4.59. The maximum absolute atomic E-state index is 13.6. The van der Waals surface area contributed by atoms with E-state index in [2.05, 4.69) is 10.6 Å². The number of rotatable bonds is 6. The number of hydrogen-bond donors (Lipinski definition) is 2. The molecule has 0 saturated carbocycles. The third-order valence-electron chi connectivity index (χ3n) is 5.60. The molecule has 2 N–H and O–H groups in total. The number of piperidine rings is 1. The fraction of sp³-hybridized carbons (Fsp3) is 0.423. The highest BCUT2D eigenvalue weighted by Crippen LogP contribution is 2.31. The molecule has 212 valence electrons. The van der Waals surface area contributed by atoms with Gasteiger partial charge in [-0.2, -0.15) is 13.2 Å². The molecule has 2 atom stereocenters. The second kappa shape index (κ2) is 12.1. The molecule has 1 fully saturated rings. The van der Waals surface area contributed by atoms with Gasteiger partial charge in [0, 0.05) is 24.3 Å². The summed E-state index contributed by atoms with van der Waals surface area (Å²) in [5.41, 5.74) is -1.90. The monoisotopic (exact) mass is 573 g/mol. The topological polar surface area (TPSA) is 97.0 Å². The van der Waals surface area contributed by atoms with Crippen LogP contribution in [0.25, 0.3) is 0 Å². The van der Waals surface area contributed by atoms with Crippen molar-refractivity contribution in [2.24, 2.45) is 0 Å². The smallest absolute Gasteiger partial charge is 0.416 e. The molecule has 39 heavy (non-hydrogen) atoms. The average Bonchev–Trinajstić information content (AvgIpc) is 2.83. The van der Waals surface area contributed by atoms with Gasteiger partial charge in [-0.25, -0.2) is 9.18 Å². The Hall–Kier alpha value is -3.54. The first kappa shape index (κ1) is 30.0. The summed E-state index contributed by atoms with van der Waals surface area (Å²) in [7, 11) is 0. The normalized spacial score (nSPS) is 17.8. The molecule has 3 amide bonds. The number of benzene rings is 2. The lowest BCUT2D eigenvalue weighted by molar-refractivity contribution is -0.137. The second-order valence-corrected chi connectivity index (χ2v) is 10.3. The van der Waals surface area contributed by atoms with E-state index in [1.54, 1.807) is 20.8 Å². The van der Waals surface area contributed by atoms with Gasteiger partial charge >= 0.3 is 12.3 Å². The molecule has 1 unspecified atom stereocenters. The summed E-state index contributed by atoms with van der Waals surface area (Å²) in [4.78, 5) is 39.6. The molecular weight excluding hydrogens is 546 g/mol. The Labute approximate surface area is 227 Å². The van der Waals surface area contributed by atoms with Gasteiger partial charge in [0.25, 0.3) is 5.91 Å². The number of alkyl halides is 3. The number of halogens is 5. The Balaban J connectivity index is 1.68. The van der Waals surface area contributed by atoms with Crippen LogP contribution < -0.4 is 15.4 Å². The highest BCUT2D eigenvalue weighted by Gasteiger charge is 2.39. The van der Waals surface area contributed by atoms with E-state index in [9.17, 15) is 31.9 Å². The Morgan fingerprint density at radius 3 is 2.44 bits per heavy atom. The van der Waals surface area contributed by atoms with Crippen LogP contribution in [0.4, 0.5) is 28.0 Å². The Morgan fingerprint density at radius 1 is 1.08 bits per heavy atom. The third kappa shape index (κ3) is 8.74. The first-order valence-corrected chi connectivity index (χ1v) is 12.3. The molecule has 13 heteroatoms. The van der Waals surface area contributed by atoms with Crippen molar-refractivity contribution >= 4 is 35.2 Å². The number of likely N-dealkylation sites (tertiary alicyclic amines) is 1. The maximum atomic E-state index is 13.6. The Morgan fingerprint density at radius 2 is 1.79 bits per heavy atom. The van der Waals surface area contributed by atoms with Crippen LogP contribution >= 0.6 is 11.6 Å². The summed E-state index contributed by atoms with van der Waals surface area (Å²) in [6.45, 7) is 4.38. The van der Waals surface area contributed by atoms with Crippen molar-refractivity contribution in [1.82, 2.24) is 10.2 Å². The molecule has 0 aromatic heterocycles. The second-order valence-electron chi connectivity index (χ2n) is 9.92. The quantitative estimate of drug-likeness (QED) is 0.451. The van der Waals surface area contributed by atoms with Crippen molar-refractivity contribution in [2.75, 3.05) is 18.5 Å². The van der Waals surface area contributed by atoms with Crippen LogP contribution in [0.15, 0.2) is 42.5 Å². The van der Waals surface area contributed by atoms with Gasteiger partial charge in [-0.3, -0.25) is 14.5 Å². The van der Waals surface area contributed by atoms with Crippen molar-refractivity contribution < 1.29 is 41.4 Å². The molecule has 0 radical (unpaired) electrons. The van der Waals surface area contributed by atoms with Gasteiger partial charge in [0.15, 0.2) is 6.61 Å². The summed E-state index contributed by atoms with van der Waals surface area (Å²) < 4.78 is 63.5. The molecule has 0 spiro atoms. The van der Waals surface area contributed by atoms with Gasteiger partial charge < -0.3 is 20.1 Å². The van der Waals surface area contributed by atoms with Gasteiger partial charge in [0.05, 0.1) is 10.6 Å². The van der Waals surface area contributed by atoms with Gasteiger partial charge in [-0.15, -0.1) is 0 Å². The van der Waals surface area contributed by atoms with E-state index in [0.717, 1.165) is 29.2 Å². The van der Waals surface area contributed by atoms with Crippen LogP contribution in [-0.2, 0) is 20.5 Å². The zero-order valence-corrected chi connectivity index (χ0v) is 22.2. The predicted octanol–water partition coefficient (Wildman–Crippen LogP) is 5.40. The number of amides is 3. The number of carbonyl (C=O) groups is 3. The van der Waals surface area contributed by atoms with E-state index < -0.39 is 59.8 Å². The minimum Gasteiger partial charge on any atom is -0.484 e. The highest BCUT2D eigenvalue weighted by molar-refractivity contribution is 6.30. The Kier molecular flexibility index (Phi) is 9.31. The van der Waals surface area contributed by atoms with E-state index >= 15 is 0 Å². The zero-order valence-electron chi connectivity index (χ0n) is 21.4. The van der Waals surface area contributed by atoms with Crippen molar-refractivity contribution in [2.45, 2.75) is 57.5 Å². The van der Waals surface area contributed by atoms with Crippen LogP contribution in [-0.4, -0.2) is 53.6 Å². The molecule has 0 aliphatic carbocycles. The molecule has 8 nitrogen and oxygen atoms in total. The van der Waals surface area contributed by atoms with Crippen molar-refractivity contribution in [3.63, 3.8) is 0 Å². The van der Waals surface area contributed by atoms with Crippen molar-refractivity contribution in [3.8, 4) is 5.75 Å². The minimum absolute atomic E-state index is 0.0785. The number of nitrogens with zero attached hydrogens (tertiary/aromatic N) is 1. The van der Waals surface area contributed by atoms with E-state index in [4.69, 9.17) is 21.1 Å². The lowest BCUT2D eigenvalue weighted by Crippen LogP contribution is -2.58. The van der Waals surface area contributed by atoms with E-state index in [1.165, 1.54) is 18.2 Å². The van der Waals surface area contributed by atoms with Gasteiger partial charge in [0.1, 0.15) is 23.2 Å². The first-order valence-electron chi connectivity index (χ1n) is 12.0. The largest absolute Gasteiger partial charge is 0.484 e. The van der Waals surface area contributed by atoms with E-state index in [1.807, 2.05) is 0 Å². The van der Waals surface area contributed by atoms with Crippen LogP contribution in [0, 0.1) is 5.82 Å². The van der Waals surface area contributed by atoms with Gasteiger partial charge in [-0.05, 0) is 63.9 Å². The Bertz CT molecular complexity index is 1220. The van der Waals surface area contributed by atoms with Gasteiger partial charge in [-0.1, -0.05) is 17.7 Å². The average molecular weight is 574 g/mol. The molecule has 1 heterocycles. The summed E-state index contributed by atoms with van der Waals surface area (Å²) in [6.07, 6.45) is -5.04. The lowest BCUT2D eigenvalue weighted by Gasteiger charge is -2.39. The molecule has 1 aliphatic heterocycles. The van der Waals surface area contributed by atoms with Crippen molar-refractivity contribution in [3.05, 3.63) is 58.9 Å². The summed E-state index contributed by atoms with van der Waals surface area (Å²) >= 11 is 5.63. The number of hydrogen-bond acceptors (Lipinski definition) is 5. The predicted molar refractivity (Wildman–Crippen MR) is 135 cm³/mol. The molecular formula is C26H28ClF4N3O5. The van der Waals surface area contributed by atoms with Crippen LogP contribution in [0.2, 0.25) is 5.02 Å². The number of anilines is 1. The molecule has 0 bridgehead atoms. The number of ether oxygens (including phenoxy) is 2. The lowest BCUT2D eigenvalue weighted by atomic mass is 9.97. The highest BCUT2D eigenvalue weighted by atomic mass is 35.5. The van der Waals surface area contributed by atoms with Crippen molar-refractivity contribution in [1.29, 1.82) is 0 Å². The summed E-state index contributed by atoms with van der Waals surface area (Å²) in [5, 5.41) is 5.05. The zero-order chi connectivity index (χ0) is 29.0. The number of carbonyl (C=O) groups excluding carboxylic acids is 3. The fourth-order valence-corrected chi connectivity index (χ4v) is 3.98. The van der Waals surface area contributed by atoms with Crippen LogP contribution in [0.5, 0.6) is 5.75 Å². The maximum Gasteiger partial charge on any atom is 0.416 e. The molecule has 2 aromatic carbocycles. The summed E-state index contributed by atoms with van der Waals surface area (Å²) in [5.74, 6) is -1.86. The van der Waals surface area contributed by atoms with Gasteiger partial charge in [0.2, 0.25) is 5.91 Å². The number of nitrogens with one attached hydrogen (secondary N) is 2. The summed E-state index contributed by atoms with van der Waals surface area (Å²) in [6, 6.07) is 6.24. The molecule has 1 aliphatic rings. The van der Waals surface area contributed by atoms with Crippen LogP contribution in [0.3, 0.4) is 0 Å². The fourth-order valence-electron chi connectivity index (χ4n) is 3.87. The molecule has 1 saturated heterocycles. The standard InChI is InChI=1S/C26H28ClF4N3O5/c1-25(2,3)39-24(37)34-13-17(32-22(35)14-38-18-8-9-19(27)20(28)12-18)7-10-21(34)23(36)33-16-6-4-5-15(11-16)26(29,30)31/h4-6,8-9,11-12,17,21H,7,10,13-14H2,1-3H3,(H,32,35)(H,33,36)/t17?,21-/m1/s1. The third-order valence-corrected chi connectivity index (χ3v) is 5.90. The molecule has 2 aromatic rings. The first-order chi connectivity index (χ1) is 18.1. The SMILES string of the molecule is CC(C)(C)OC(=O)N1CC(NC(=O)COc2ccc(Cl)c(F)c2)CC[C@@H]1C(=O)Nc1cccc(C(F)(F)F)c1. The van der Waals surface area contributed by atoms with Crippen LogP contribution in [0.1, 0.15) is 39.2 Å².